The van der Waals surface area contributed by atoms with Crippen LogP contribution in [0.15, 0.2) is 24.3 Å². The van der Waals surface area contributed by atoms with E-state index in [0.29, 0.717) is 5.92 Å². The molecule has 2 heterocycles. The summed E-state index contributed by atoms with van der Waals surface area (Å²) in [5.41, 5.74) is 1.97. The molecule has 1 aromatic heterocycles. The summed E-state index contributed by atoms with van der Waals surface area (Å²) in [5, 5.41) is 9.20. The minimum absolute atomic E-state index is 0.0824. The molecule has 0 bridgehead atoms. The zero-order valence-corrected chi connectivity index (χ0v) is 13.8. The quantitative estimate of drug-likeness (QED) is 0.943. The van der Waals surface area contributed by atoms with Crippen molar-refractivity contribution in [1.82, 2.24) is 20.0 Å². The first-order valence-electron chi connectivity index (χ1n) is 7.81. The summed E-state index contributed by atoms with van der Waals surface area (Å²) in [6.45, 7) is 8.34. The van der Waals surface area contributed by atoms with E-state index in [0.717, 1.165) is 24.3 Å². The van der Waals surface area contributed by atoms with Crippen molar-refractivity contribution in [3.05, 3.63) is 30.0 Å². The van der Waals surface area contributed by atoms with Crippen LogP contribution in [-0.2, 0) is 11.3 Å². The third kappa shape index (κ3) is 2.61. The molecule has 3 rings (SSSR count). The molecule has 118 valence electrons. The van der Waals surface area contributed by atoms with Crippen LogP contribution in [0.25, 0.3) is 10.9 Å². The Morgan fingerprint density at radius 2 is 2.05 bits per heavy atom. The Bertz CT molecular complexity index is 694. The number of carbonyl (C=O) groups is 1. The number of carbonyl (C=O) groups excluding carboxylic acids is 1. The van der Waals surface area contributed by atoms with E-state index in [9.17, 15) is 4.79 Å². The van der Waals surface area contributed by atoms with Crippen molar-refractivity contribution >= 4 is 16.8 Å². The lowest BCUT2D eigenvalue weighted by Crippen LogP contribution is -2.44. The van der Waals surface area contributed by atoms with Crippen LogP contribution in [0.1, 0.15) is 32.4 Å². The van der Waals surface area contributed by atoms with Crippen molar-refractivity contribution in [2.75, 3.05) is 20.1 Å². The second-order valence-corrected chi connectivity index (χ2v) is 7.04. The summed E-state index contributed by atoms with van der Waals surface area (Å²) in [5.74, 6) is 0.542. The van der Waals surface area contributed by atoms with Gasteiger partial charge in [0.05, 0.1) is 11.2 Å². The lowest BCUT2D eigenvalue weighted by molar-refractivity contribution is -0.134. The molecule has 1 aromatic carbocycles. The van der Waals surface area contributed by atoms with Crippen LogP contribution in [-0.4, -0.2) is 46.3 Å². The SMILES string of the molecule is CN(C(=O)Cn1nc(C2CNC2)c2ccccc21)C(C)(C)C. The number of nitrogens with zero attached hydrogens (tertiary/aromatic N) is 3. The lowest BCUT2D eigenvalue weighted by atomic mass is 9.97. The zero-order chi connectivity index (χ0) is 15.9. The number of nitrogens with one attached hydrogen (secondary N) is 1. The van der Waals surface area contributed by atoms with Crippen LogP contribution in [0.2, 0.25) is 0 Å². The van der Waals surface area contributed by atoms with Crippen LogP contribution in [0, 0.1) is 0 Å². The van der Waals surface area contributed by atoms with Crippen LogP contribution < -0.4 is 5.32 Å². The van der Waals surface area contributed by atoms with Crippen LogP contribution in [0.5, 0.6) is 0 Å². The van der Waals surface area contributed by atoms with E-state index in [1.54, 1.807) is 4.90 Å². The van der Waals surface area contributed by atoms with Crippen molar-refractivity contribution in [1.29, 1.82) is 0 Å². The molecule has 0 unspecified atom stereocenters. The monoisotopic (exact) mass is 300 g/mol. The average Bonchev–Trinajstić information content (AvgIpc) is 2.74. The highest BCUT2D eigenvalue weighted by molar-refractivity contribution is 5.85. The molecular formula is C17H24N4O. The van der Waals surface area contributed by atoms with Crippen molar-refractivity contribution in [2.24, 2.45) is 0 Å². The number of hydrogen-bond acceptors (Lipinski definition) is 3. The van der Waals surface area contributed by atoms with Gasteiger partial charge in [0.2, 0.25) is 5.91 Å². The maximum atomic E-state index is 12.5. The molecule has 5 heteroatoms. The third-order valence-electron chi connectivity index (χ3n) is 4.52. The zero-order valence-electron chi connectivity index (χ0n) is 13.8. The van der Waals surface area contributed by atoms with Gasteiger partial charge in [-0.2, -0.15) is 5.10 Å². The maximum Gasteiger partial charge on any atom is 0.244 e. The molecule has 1 fully saturated rings. The van der Waals surface area contributed by atoms with Gasteiger partial charge >= 0.3 is 0 Å². The summed E-state index contributed by atoms with van der Waals surface area (Å²) in [6, 6.07) is 8.18. The molecule has 0 aliphatic carbocycles. The standard InChI is InChI=1S/C17H24N4O/c1-17(2,3)20(4)15(22)11-21-14-8-6-5-7-13(14)16(19-21)12-9-18-10-12/h5-8,12,18H,9-11H2,1-4H3. The van der Waals surface area contributed by atoms with Gasteiger partial charge in [0.1, 0.15) is 6.54 Å². The average molecular weight is 300 g/mol. The Balaban J connectivity index is 1.92. The van der Waals surface area contributed by atoms with E-state index in [2.05, 4.69) is 11.4 Å². The fourth-order valence-corrected chi connectivity index (χ4v) is 2.67. The summed E-state index contributed by atoms with van der Waals surface area (Å²) < 4.78 is 1.85. The second-order valence-electron chi connectivity index (χ2n) is 7.04. The molecule has 0 radical (unpaired) electrons. The van der Waals surface area contributed by atoms with E-state index in [-0.39, 0.29) is 18.0 Å². The molecule has 1 aliphatic rings. The number of rotatable bonds is 3. The van der Waals surface area contributed by atoms with Gasteiger partial charge in [-0.05, 0) is 26.8 Å². The number of para-hydroxylation sites is 1. The molecule has 2 aromatic rings. The highest BCUT2D eigenvalue weighted by Crippen LogP contribution is 2.27. The number of amides is 1. The third-order valence-corrected chi connectivity index (χ3v) is 4.52. The van der Waals surface area contributed by atoms with E-state index in [4.69, 9.17) is 5.10 Å². The Morgan fingerprint density at radius 1 is 1.36 bits per heavy atom. The van der Waals surface area contributed by atoms with E-state index >= 15 is 0 Å². The van der Waals surface area contributed by atoms with Crippen molar-refractivity contribution in [2.45, 2.75) is 38.8 Å². The minimum Gasteiger partial charge on any atom is -0.339 e. The summed E-state index contributed by atoms with van der Waals surface area (Å²) in [4.78, 5) is 14.3. The van der Waals surface area contributed by atoms with Gasteiger partial charge in [-0.3, -0.25) is 9.48 Å². The Morgan fingerprint density at radius 3 is 2.64 bits per heavy atom. The van der Waals surface area contributed by atoms with E-state index in [1.165, 1.54) is 5.39 Å². The van der Waals surface area contributed by atoms with Gasteiger partial charge in [-0.15, -0.1) is 0 Å². The molecular weight excluding hydrogens is 276 g/mol. The van der Waals surface area contributed by atoms with Gasteiger partial charge in [0.25, 0.3) is 0 Å². The number of aromatic nitrogens is 2. The Labute approximate surface area is 131 Å². The summed E-state index contributed by atoms with van der Waals surface area (Å²) >= 11 is 0. The molecule has 0 spiro atoms. The van der Waals surface area contributed by atoms with Gasteiger partial charge in [-0.25, -0.2) is 0 Å². The largest absolute Gasteiger partial charge is 0.339 e. The van der Waals surface area contributed by atoms with Gasteiger partial charge < -0.3 is 10.2 Å². The number of benzene rings is 1. The molecule has 0 saturated carbocycles. The predicted octanol–water partition coefficient (Wildman–Crippen LogP) is 1.98. The normalized spacial score (nSPS) is 15.8. The van der Waals surface area contributed by atoms with Gasteiger partial charge in [0.15, 0.2) is 0 Å². The molecule has 1 saturated heterocycles. The first-order chi connectivity index (χ1) is 10.4. The van der Waals surface area contributed by atoms with Gasteiger partial charge in [0, 0.05) is 37.0 Å². The van der Waals surface area contributed by atoms with Crippen molar-refractivity contribution < 1.29 is 4.79 Å². The summed E-state index contributed by atoms with van der Waals surface area (Å²) in [7, 11) is 1.85. The molecule has 22 heavy (non-hydrogen) atoms. The smallest absolute Gasteiger partial charge is 0.244 e. The topological polar surface area (TPSA) is 50.2 Å². The second kappa shape index (κ2) is 5.39. The highest BCUT2D eigenvalue weighted by atomic mass is 16.2. The Kier molecular flexibility index (Phi) is 3.68. The maximum absolute atomic E-state index is 12.5. The molecule has 1 aliphatic heterocycles. The van der Waals surface area contributed by atoms with Crippen molar-refractivity contribution in [3.63, 3.8) is 0 Å². The number of fused-ring (bicyclic) bond motifs is 1. The predicted molar refractivity (Wildman–Crippen MR) is 87.9 cm³/mol. The fraction of sp³-hybridized carbons (Fsp3) is 0.529. The van der Waals surface area contributed by atoms with Crippen molar-refractivity contribution in [3.8, 4) is 0 Å². The van der Waals surface area contributed by atoms with Crippen LogP contribution in [0.4, 0.5) is 0 Å². The minimum atomic E-state index is -0.180. The first-order valence-corrected chi connectivity index (χ1v) is 7.81. The molecule has 0 atom stereocenters. The molecule has 5 nitrogen and oxygen atoms in total. The molecule has 1 N–H and O–H groups in total. The lowest BCUT2D eigenvalue weighted by Gasteiger charge is -2.32. The van der Waals surface area contributed by atoms with Crippen LogP contribution >= 0.6 is 0 Å². The summed E-state index contributed by atoms with van der Waals surface area (Å²) in [6.07, 6.45) is 0. The van der Waals surface area contributed by atoms with Crippen LogP contribution in [0.3, 0.4) is 0 Å². The van der Waals surface area contributed by atoms with E-state index < -0.39 is 0 Å². The molecule has 1 amide bonds. The fourth-order valence-electron chi connectivity index (χ4n) is 2.67. The van der Waals surface area contributed by atoms with Gasteiger partial charge in [-0.1, -0.05) is 18.2 Å². The first kappa shape index (κ1) is 15.0. The Hall–Kier alpha value is -1.88. The van der Waals surface area contributed by atoms with E-state index in [1.807, 2.05) is 50.7 Å². The number of hydrogen-bond donors (Lipinski definition) is 1. The highest BCUT2D eigenvalue weighted by Gasteiger charge is 2.27. The number of likely N-dealkylation sites (N-methyl/N-ethyl adjacent to an activating group) is 1.